The number of hydrogen-bond acceptors (Lipinski definition) is 6. The average Bonchev–Trinajstić information content (AvgIpc) is 2.78. The molecule has 0 aliphatic heterocycles. The van der Waals surface area contributed by atoms with Crippen LogP contribution in [0.3, 0.4) is 0 Å². The second-order valence-electron chi connectivity index (χ2n) is 7.15. The smallest absolute Gasteiger partial charge is 0.309 e. The van der Waals surface area contributed by atoms with Gasteiger partial charge in [-0.3, -0.25) is 9.59 Å². The number of ether oxygens (including phenoxy) is 2. The van der Waals surface area contributed by atoms with E-state index in [0.717, 1.165) is 23.3 Å². The molecule has 0 saturated carbocycles. The van der Waals surface area contributed by atoms with Crippen LogP contribution in [0.2, 0.25) is 5.02 Å². The normalized spacial score (nSPS) is 12.8. The summed E-state index contributed by atoms with van der Waals surface area (Å²) in [6, 6.07) is 12.6. The van der Waals surface area contributed by atoms with Crippen LogP contribution in [-0.2, 0) is 16.0 Å². The second-order valence-corrected chi connectivity index (χ2v) is 8.76. The highest BCUT2D eigenvalue weighted by Crippen LogP contribution is 2.34. The molecule has 31 heavy (non-hydrogen) atoms. The monoisotopic (exact) mass is 464 g/mol. The van der Waals surface area contributed by atoms with E-state index in [1.165, 1.54) is 18.9 Å². The van der Waals surface area contributed by atoms with Crippen LogP contribution < -0.4 is 4.74 Å². The number of thioether (sulfide) groups is 1. The van der Waals surface area contributed by atoms with E-state index in [9.17, 15) is 14.7 Å². The Bertz CT molecular complexity index is 886. The Morgan fingerprint density at radius 2 is 1.94 bits per heavy atom. The number of carbonyl (C=O) groups is 2. The van der Waals surface area contributed by atoms with Crippen molar-refractivity contribution in [2.45, 2.75) is 49.9 Å². The summed E-state index contributed by atoms with van der Waals surface area (Å²) in [5.74, 6) is -0.182. The van der Waals surface area contributed by atoms with Gasteiger partial charge in [-0.2, -0.15) is 0 Å². The van der Waals surface area contributed by atoms with E-state index in [4.69, 9.17) is 16.3 Å². The predicted octanol–water partition coefficient (Wildman–Crippen LogP) is 5.55. The first-order valence-corrected chi connectivity index (χ1v) is 11.6. The lowest BCUT2D eigenvalue weighted by Gasteiger charge is -2.19. The third kappa shape index (κ3) is 7.56. The van der Waals surface area contributed by atoms with Gasteiger partial charge in [0.15, 0.2) is 5.78 Å². The molecule has 0 amide bonds. The highest BCUT2D eigenvalue weighted by molar-refractivity contribution is 7.99. The van der Waals surface area contributed by atoms with E-state index in [0.29, 0.717) is 22.8 Å². The molecule has 0 fully saturated rings. The molecule has 7 heteroatoms. The molecule has 0 bridgehead atoms. The third-order valence-electron chi connectivity index (χ3n) is 4.78. The minimum Gasteiger partial charge on any atom is -0.479 e. The number of benzene rings is 2. The largest absolute Gasteiger partial charge is 0.479 e. The van der Waals surface area contributed by atoms with Crippen molar-refractivity contribution < 1.29 is 24.2 Å². The average molecular weight is 465 g/mol. The molecule has 2 aromatic rings. The molecule has 0 saturated heterocycles. The number of Topliss-reactive ketones (excluding diaryl/α,β-unsaturated/α-hetero) is 1. The lowest BCUT2D eigenvalue weighted by Crippen LogP contribution is -2.19. The van der Waals surface area contributed by atoms with Gasteiger partial charge in [0.25, 0.3) is 0 Å². The second kappa shape index (κ2) is 12.7. The van der Waals surface area contributed by atoms with Gasteiger partial charge in [-0.05, 0) is 42.7 Å². The van der Waals surface area contributed by atoms with E-state index in [1.807, 2.05) is 32.0 Å². The zero-order chi connectivity index (χ0) is 22.8. The molecule has 2 unspecified atom stereocenters. The van der Waals surface area contributed by atoms with Crippen molar-refractivity contribution in [3.05, 3.63) is 58.6 Å². The van der Waals surface area contributed by atoms with Crippen molar-refractivity contribution in [3.63, 3.8) is 0 Å². The Labute approximate surface area is 193 Å². The number of esters is 1. The van der Waals surface area contributed by atoms with E-state index >= 15 is 0 Å². The molecular weight excluding hydrogens is 436 g/mol. The SMILES string of the molecule is CCCC(CO)C(=O)c1cccc(OC(CC)Sc2ccc(CC(=O)OC)cc2Cl)c1. The summed E-state index contributed by atoms with van der Waals surface area (Å²) in [5, 5.41) is 10.1. The van der Waals surface area contributed by atoms with E-state index in [1.54, 1.807) is 24.3 Å². The van der Waals surface area contributed by atoms with Crippen molar-refractivity contribution in [1.29, 1.82) is 0 Å². The Morgan fingerprint density at radius 3 is 2.55 bits per heavy atom. The van der Waals surface area contributed by atoms with Gasteiger partial charge in [0.2, 0.25) is 0 Å². The third-order valence-corrected chi connectivity index (χ3v) is 6.51. The van der Waals surface area contributed by atoms with E-state index < -0.39 is 0 Å². The molecular formula is C24H29ClO5S. The summed E-state index contributed by atoms with van der Waals surface area (Å²) < 4.78 is 10.8. The van der Waals surface area contributed by atoms with Crippen LogP contribution in [0.25, 0.3) is 0 Å². The Morgan fingerprint density at radius 1 is 1.16 bits per heavy atom. The Balaban J connectivity index is 2.10. The predicted molar refractivity (Wildman–Crippen MR) is 124 cm³/mol. The maximum absolute atomic E-state index is 12.7. The first-order chi connectivity index (χ1) is 14.9. The molecule has 2 rings (SSSR count). The van der Waals surface area contributed by atoms with Gasteiger partial charge in [0.05, 0.1) is 25.2 Å². The molecule has 0 aliphatic carbocycles. The lowest BCUT2D eigenvalue weighted by atomic mass is 9.94. The van der Waals surface area contributed by atoms with Crippen molar-refractivity contribution in [3.8, 4) is 5.75 Å². The zero-order valence-electron chi connectivity index (χ0n) is 18.1. The number of rotatable bonds is 12. The Kier molecular flexibility index (Phi) is 10.4. The molecule has 0 aliphatic rings. The molecule has 168 valence electrons. The minimum absolute atomic E-state index is 0.0697. The van der Waals surface area contributed by atoms with Crippen LogP contribution in [0, 0.1) is 5.92 Å². The summed E-state index contributed by atoms with van der Waals surface area (Å²) in [6.07, 6.45) is 2.37. The van der Waals surface area contributed by atoms with Crippen LogP contribution in [0.4, 0.5) is 0 Å². The maximum atomic E-state index is 12.7. The topological polar surface area (TPSA) is 72.8 Å². The summed E-state index contributed by atoms with van der Waals surface area (Å²) in [6.45, 7) is 3.84. The molecule has 2 aromatic carbocycles. The van der Waals surface area contributed by atoms with Gasteiger partial charge >= 0.3 is 5.97 Å². The number of hydrogen-bond donors (Lipinski definition) is 1. The van der Waals surface area contributed by atoms with Gasteiger partial charge in [-0.25, -0.2) is 0 Å². The molecule has 1 N–H and O–H groups in total. The standard InChI is InChI=1S/C24H29ClO5S/c1-4-7-18(15-26)24(28)17-8-6-9-19(14-17)30-23(5-2)31-21-11-10-16(12-20(21)25)13-22(27)29-3/h6,8-12,14,18,23,26H,4-5,7,13,15H2,1-3H3. The van der Waals surface area contributed by atoms with Crippen LogP contribution in [0.15, 0.2) is 47.4 Å². The molecule has 0 spiro atoms. The number of carbonyl (C=O) groups excluding carboxylic acids is 2. The first-order valence-electron chi connectivity index (χ1n) is 10.3. The summed E-state index contributed by atoms with van der Waals surface area (Å²) in [5.41, 5.74) is 1.11. The fourth-order valence-corrected chi connectivity index (χ4v) is 4.35. The number of methoxy groups -OCH3 is 1. The van der Waals surface area contributed by atoms with Gasteiger partial charge in [-0.15, -0.1) is 0 Å². The zero-order valence-corrected chi connectivity index (χ0v) is 19.7. The number of aliphatic hydroxyl groups excluding tert-OH is 1. The van der Waals surface area contributed by atoms with Gasteiger partial charge in [-0.1, -0.05) is 61.8 Å². The molecule has 0 radical (unpaired) electrons. The van der Waals surface area contributed by atoms with Crippen molar-refractivity contribution in [2.24, 2.45) is 5.92 Å². The van der Waals surface area contributed by atoms with E-state index in [2.05, 4.69) is 4.74 Å². The fraction of sp³-hybridized carbons (Fsp3) is 0.417. The molecule has 0 heterocycles. The molecule has 5 nitrogen and oxygen atoms in total. The summed E-state index contributed by atoms with van der Waals surface area (Å²) >= 11 is 7.89. The quantitative estimate of drug-likeness (QED) is 0.192. The summed E-state index contributed by atoms with van der Waals surface area (Å²) in [4.78, 5) is 25.0. The Hall–Kier alpha value is -2.02. The number of ketones is 1. The van der Waals surface area contributed by atoms with Crippen LogP contribution in [0.1, 0.15) is 49.0 Å². The maximum Gasteiger partial charge on any atom is 0.309 e. The van der Waals surface area contributed by atoms with Crippen molar-refractivity contribution in [2.75, 3.05) is 13.7 Å². The first kappa shape index (κ1) is 25.2. The summed E-state index contributed by atoms with van der Waals surface area (Å²) in [7, 11) is 1.35. The molecule has 0 aromatic heterocycles. The highest BCUT2D eigenvalue weighted by Gasteiger charge is 2.20. The lowest BCUT2D eigenvalue weighted by molar-refractivity contribution is -0.139. The number of aliphatic hydroxyl groups is 1. The van der Waals surface area contributed by atoms with E-state index in [-0.39, 0.29) is 36.1 Å². The van der Waals surface area contributed by atoms with Crippen LogP contribution >= 0.6 is 23.4 Å². The van der Waals surface area contributed by atoms with Crippen molar-refractivity contribution >= 4 is 35.1 Å². The van der Waals surface area contributed by atoms with Crippen LogP contribution in [-0.4, -0.2) is 36.0 Å². The van der Waals surface area contributed by atoms with Crippen molar-refractivity contribution in [1.82, 2.24) is 0 Å². The van der Waals surface area contributed by atoms with Crippen LogP contribution in [0.5, 0.6) is 5.75 Å². The fourth-order valence-electron chi connectivity index (χ4n) is 3.08. The van der Waals surface area contributed by atoms with Gasteiger partial charge in [0, 0.05) is 16.4 Å². The highest BCUT2D eigenvalue weighted by atomic mass is 35.5. The molecule has 2 atom stereocenters. The van der Waals surface area contributed by atoms with Gasteiger partial charge < -0.3 is 14.6 Å². The number of halogens is 1. The van der Waals surface area contributed by atoms with Gasteiger partial charge in [0.1, 0.15) is 11.2 Å². The minimum atomic E-state index is -0.390.